The average molecular weight is 566 g/mol. The Labute approximate surface area is 195 Å². The fourth-order valence-corrected chi connectivity index (χ4v) is 7.58. The molecular weight excluding hydrogens is 547 g/mol. The number of phosphoric ester groups is 1. The number of anilines is 1. The number of fused-ring (bicyclic) bond motifs is 2. The molecule has 4 rings (SSSR count). The van der Waals surface area contributed by atoms with Crippen LogP contribution in [0, 0.1) is 11.3 Å². The van der Waals surface area contributed by atoms with E-state index in [9.17, 15) is 33.7 Å². The molecule has 2 aromatic rings. The summed E-state index contributed by atoms with van der Waals surface area (Å²) in [6.07, 6.45) is -1.25. The highest BCUT2D eigenvalue weighted by Crippen LogP contribution is 2.71. The van der Waals surface area contributed by atoms with Crippen LogP contribution in [0.2, 0.25) is 5.28 Å². The topological polar surface area (TPSA) is 256 Å². The quantitative estimate of drug-likeness (QED) is 0.158. The summed E-state index contributed by atoms with van der Waals surface area (Å²) in [5, 5.41) is 24.1. The van der Waals surface area contributed by atoms with Crippen LogP contribution in [-0.2, 0) is 26.8 Å². The minimum Gasteiger partial charge on any atom is -0.390 e. The number of halogens is 1. The second-order valence-electron chi connectivity index (χ2n) is 7.75. The zero-order valence-corrected chi connectivity index (χ0v) is 20.4. The average Bonchev–Trinajstić information content (AvgIpc) is 3.19. The molecule has 0 radical (unpaired) electrons. The molecule has 17 nitrogen and oxygen atoms in total. The van der Waals surface area contributed by atoms with Crippen molar-refractivity contribution < 1.29 is 56.6 Å². The number of phosphoric acid groups is 3. The summed E-state index contributed by atoms with van der Waals surface area (Å²) in [5.41, 5.74) is -0.634. The van der Waals surface area contributed by atoms with Gasteiger partial charge in [-0.05, 0) is 23.9 Å². The van der Waals surface area contributed by atoms with Crippen molar-refractivity contribution in [3.05, 3.63) is 11.6 Å². The first-order chi connectivity index (χ1) is 15.6. The van der Waals surface area contributed by atoms with Crippen LogP contribution >= 0.6 is 35.1 Å². The summed E-state index contributed by atoms with van der Waals surface area (Å²) in [5.74, 6) is -0.175. The van der Waals surface area contributed by atoms with Crippen molar-refractivity contribution in [2.45, 2.75) is 24.7 Å². The van der Waals surface area contributed by atoms with E-state index in [0.29, 0.717) is 11.3 Å². The first-order valence-electron chi connectivity index (χ1n) is 9.31. The maximum Gasteiger partial charge on any atom is 0.490 e. The lowest BCUT2D eigenvalue weighted by Crippen LogP contribution is -2.35. The summed E-state index contributed by atoms with van der Waals surface area (Å²) in [6, 6.07) is -0.791. The Hall–Kier alpha value is -1.03. The Morgan fingerprint density at radius 2 is 1.85 bits per heavy atom. The van der Waals surface area contributed by atoms with Gasteiger partial charge in [-0.1, -0.05) is 0 Å². The smallest absolute Gasteiger partial charge is 0.390 e. The van der Waals surface area contributed by atoms with Gasteiger partial charge < -0.3 is 39.7 Å². The van der Waals surface area contributed by atoms with Gasteiger partial charge in [0.2, 0.25) is 5.28 Å². The van der Waals surface area contributed by atoms with Gasteiger partial charge in [0.25, 0.3) is 0 Å². The third-order valence-corrected chi connectivity index (χ3v) is 9.67. The molecule has 2 aliphatic rings. The third-order valence-electron chi connectivity index (χ3n) is 5.72. The van der Waals surface area contributed by atoms with E-state index in [-0.39, 0.29) is 17.4 Å². The molecular formula is C13H19ClN5O12P3. The van der Waals surface area contributed by atoms with Crippen molar-refractivity contribution in [3.63, 3.8) is 0 Å². The largest absolute Gasteiger partial charge is 0.490 e. The van der Waals surface area contributed by atoms with Crippen LogP contribution in [0.4, 0.5) is 5.82 Å². The normalized spacial score (nSPS) is 32.2. The standard InChI is InChI=1S/C13H19ClN5O12P3/c1-15-10-6-11(18-12(14)17-10)19(4-16-6)7-5-2-13(5,9(21)8(7)20)3-29-33(25,26)31-34(27,28)30-32(22,23)24/h4-5,7-9,20-21H,2-3H2,1H3,(H,25,26)(H,27,28)(H,15,17,18)(H2,22,23,24)/t5-,7-,8+,9+,13+/m1/s1. The zero-order chi connectivity index (χ0) is 25.3. The fraction of sp³-hybridized carbons (Fsp3) is 0.615. The van der Waals surface area contributed by atoms with Gasteiger partial charge in [-0.15, -0.1) is 0 Å². The van der Waals surface area contributed by atoms with Gasteiger partial charge >= 0.3 is 23.5 Å². The number of hydrogen-bond donors (Lipinski definition) is 7. The molecule has 2 aromatic heterocycles. The van der Waals surface area contributed by atoms with E-state index in [1.807, 2.05) is 0 Å². The molecule has 7 N–H and O–H groups in total. The van der Waals surface area contributed by atoms with Crippen LogP contribution in [0.25, 0.3) is 11.2 Å². The van der Waals surface area contributed by atoms with Crippen molar-refractivity contribution in [2.75, 3.05) is 19.0 Å². The number of aliphatic hydroxyl groups excluding tert-OH is 2. The maximum atomic E-state index is 12.1. The van der Waals surface area contributed by atoms with E-state index in [4.69, 9.17) is 25.9 Å². The van der Waals surface area contributed by atoms with Crippen molar-refractivity contribution in [1.29, 1.82) is 0 Å². The van der Waals surface area contributed by atoms with Gasteiger partial charge in [0.1, 0.15) is 6.10 Å². The lowest BCUT2D eigenvalue weighted by Gasteiger charge is -2.24. The molecule has 0 aromatic carbocycles. The number of nitrogens with one attached hydrogen (secondary N) is 1. The molecule has 34 heavy (non-hydrogen) atoms. The van der Waals surface area contributed by atoms with Crippen LogP contribution in [0.3, 0.4) is 0 Å². The minimum atomic E-state index is -5.68. The van der Waals surface area contributed by atoms with Crippen LogP contribution in [0.5, 0.6) is 0 Å². The molecule has 0 bridgehead atoms. The Morgan fingerprint density at radius 3 is 2.47 bits per heavy atom. The molecule has 21 heteroatoms. The first-order valence-corrected chi connectivity index (χ1v) is 14.2. The summed E-state index contributed by atoms with van der Waals surface area (Å²) in [6.45, 7) is -0.708. The van der Waals surface area contributed by atoms with E-state index in [0.717, 1.165) is 0 Å². The molecule has 2 fully saturated rings. The first kappa shape index (κ1) is 26.0. The monoisotopic (exact) mass is 565 g/mol. The van der Waals surface area contributed by atoms with E-state index < -0.39 is 59.7 Å². The number of aliphatic hydroxyl groups is 2. The molecule has 2 unspecified atom stereocenters. The molecule has 2 saturated carbocycles. The number of aromatic nitrogens is 4. The van der Waals surface area contributed by atoms with Crippen molar-refractivity contribution in [3.8, 4) is 0 Å². The number of rotatable bonds is 9. The summed E-state index contributed by atoms with van der Waals surface area (Å²) in [4.78, 5) is 48.5. The van der Waals surface area contributed by atoms with Crippen LogP contribution in [0.15, 0.2) is 6.33 Å². The Morgan fingerprint density at radius 1 is 1.18 bits per heavy atom. The maximum absolute atomic E-state index is 12.1. The molecule has 2 aliphatic carbocycles. The van der Waals surface area contributed by atoms with E-state index in [2.05, 4.69) is 28.9 Å². The second kappa shape index (κ2) is 8.53. The van der Waals surface area contributed by atoms with E-state index in [1.54, 1.807) is 7.05 Å². The van der Waals surface area contributed by atoms with Gasteiger partial charge in [-0.2, -0.15) is 18.6 Å². The highest BCUT2D eigenvalue weighted by molar-refractivity contribution is 7.66. The van der Waals surface area contributed by atoms with Crippen molar-refractivity contribution in [2.24, 2.45) is 11.3 Å². The number of imidazole rings is 1. The Bertz CT molecular complexity index is 1270. The zero-order valence-electron chi connectivity index (χ0n) is 16.9. The van der Waals surface area contributed by atoms with E-state index >= 15 is 0 Å². The summed E-state index contributed by atoms with van der Waals surface area (Å²) >= 11 is 5.96. The predicted molar refractivity (Wildman–Crippen MR) is 111 cm³/mol. The highest BCUT2D eigenvalue weighted by Gasteiger charge is 2.72. The lowest BCUT2D eigenvalue weighted by atomic mass is 10.0. The molecule has 190 valence electrons. The van der Waals surface area contributed by atoms with E-state index in [1.165, 1.54) is 10.9 Å². The van der Waals surface area contributed by atoms with Gasteiger partial charge in [0, 0.05) is 12.5 Å². The highest BCUT2D eigenvalue weighted by atomic mass is 35.5. The molecule has 7 atom stereocenters. The molecule has 2 heterocycles. The number of nitrogens with zero attached hydrogens (tertiary/aromatic N) is 4. The molecule has 0 aliphatic heterocycles. The Balaban J connectivity index is 1.53. The summed E-state index contributed by atoms with van der Waals surface area (Å²) < 4.78 is 47.8. The third kappa shape index (κ3) is 4.82. The SMILES string of the molecule is CNc1nc(Cl)nc2c1ncn2[C@H]1[C@H](O)[C@H](O)[C@]2(COP(=O)(O)OP(=O)(O)OP(=O)(O)O)C[C@H]12. The molecule has 0 saturated heterocycles. The molecule has 0 amide bonds. The fourth-order valence-electron chi connectivity index (χ4n) is 4.31. The van der Waals surface area contributed by atoms with Gasteiger partial charge in [-0.3, -0.25) is 4.52 Å². The van der Waals surface area contributed by atoms with Gasteiger partial charge in [0.15, 0.2) is 17.0 Å². The Kier molecular flexibility index (Phi) is 6.53. The minimum absolute atomic E-state index is 0.0960. The van der Waals surface area contributed by atoms with Crippen LogP contribution in [0.1, 0.15) is 12.5 Å². The van der Waals surface area contributed by atoms with Crippen molar-refractivity contribution >= 4 is 52.1 Å². The van der Waals surface area contributed by atoms with Crippen LogP contribution in [-0.4, -0.2) is 75.2 Å². The van der Waals surface area contributed by atoms with Crippen LogP contribution < -0.4 is 5.32 Å². The predicted octanol–water partition coefficient (Wildman–Crippen LogP) is 0.147. The summed E-state index contributed by atoms with van der Waals surface area (Å²) in [7, 11) is -15.0. The number of hydrogen-bond acceptors (Lipinski definition) is 12. The van der Waals surface area contributed by atoms with Crippen molar-refractivity contribution in [1.82, 2.24) is 19.5 Å². The molecule has 0 spiro atoms. The lowest BCUT2D eigenvalue weighted by molar-refractivity contribution is -0.0297. The van der Waals surface area contributed by atoms with Gasteiger partial charge in [-0.25, -0.2) is 18.7 Å². The van der Waals surface area contributed by atoms with Gasteiger partial charge in [0.05, 0.1) is 25.1 Å². The second-order valence-corrected chi connectivity index (χ2v) is 12.5.